The molecule has 2 aromatic heterocycles. The molecule has 11 heteroatoms. The first-order valence-corrected chi connectivity index (χ1v) is 9.35. The number of halogens is 4. The van der Waals surface area contributed by atoms with E-state index in [9.17, 15) is 21.6 Å². The van der Waals surface area contributed by atoms with Crippen LogP contribution in [0.4, 0.5) is 18.9 Å². The molecule has 0 unspecified atom stereocenters. The van der Waals surface area contributed by atoms with Crippen molar-refractivity contribution in [1.29, 1.82) is 0 Å². The topological polar surface area (TPSA) is 74.8 Å². The molecule has 0 aliphatic heterocycles. The smallest absolute Gasteiger partial charge is 0.277 e. The molecular formula is C14H9ClF3N3O2S2. The molecule has 25 heavy (non-hydrogen) atoms. The maximum Gasteiger partial charge on any atom is 0.432 e. The van der Waals surface area contributed by atoms with E-state index in [1.165, 1.54) is 24.3 Å². The molecule has 3 rings (SSSR count). The number of rotatable bonds is 4. The maximum absolute atomic E-state index is 12.6. The summed E-state index contributed by atoms with van der Waals surface area (Å²) in [6, 6.07) is 9.80. The molecular weight excluding hydrogens is 399 g/mol. The van der Waals surface area contributed by atoms with Gasteiger partial charge in [-0.2, -0.15) is 18.3 Å². The summed E-state index contributed by atoms with van der Waals surface area (Å²) in [4.78, 5) is 0.284. The Morgan fingerprint density at radius 3 is 2.52 bits per heavy atom. The first-order valence-electron chi connectivity index (χ1n) is 6.67. The van der Waals surface area contributed by atoms with Gasteiger partial charge in [0, 0.05) is 0 Å². The van der Waals surface area contributed by atoms with Gasteiger partial charge in [-0.05, 0) is 30.3 Å². The van der Waals surface area contributed by atoms with Crippen LogP contribution in [0.15, 0.2) is 46.7 Å². The Bertz CT molecular complexity index is 1010. The van der Waals surface area contributed by atoms with Crippen LogP contribution in [-0.2, 0) is 16.2 Å². The monoisotopic (exact) mass is 407 g/mol. The number of sulfonamides is 1. The molecule has 0 atom stereocenters. The van der Waals surface area contributed by atoms with Crippen LogP contribution >= 0.6 is 22.9 Å². The lowest BCUT2D eigenvalue weighted by molar-refractivity contribution is -0.141. The third kappa shape index (κ3) is 3.80. The molecule has 132 valence electrons. The summed E-state index contributed by atoms with van der Waals surface area (Å²) in [7, 11) is -3.92. The molecule has 0 bridgehead atoms. The van der Waals surface area contributed by atoms with Gasteiger partial charge in [0.15, 0.2) is 0 Å². The van der Waals surface area contributed by atoms with Gasteiger partial charge in [-0.1, -0.05) is 23.7 Å². The van der Waals surface area contributed by atoms with Crippen molar-refractivity contribution >= 4 is 38.6 Å². The Morgan fingerprint density at radius 1 is 1.16 bits per heavy atom. The van der Waals surface area contributed by atoms with Crippen molar-refractivity contribution < 1.29 is 21.6 Å². The van der Waals surface area contributed by atoms with Gasteiger partial charge in [-0.25, -0.2) is 8.42 Å². The van der Waals surface area contributed by atoms with E-state index in [2.05, 4.69) is 9.82 Å². The lowest BCUT2D eigenvalue weighted by Gasteiger charge is -2.07. The fraction of sp³-hybridized carbons (Fsp3) is 0.0714. The second-order valence-electron chi connectivity index (χ2n) is 4.87. The van der Waals surface area contributed by atoms with E-state index < -0.39 is 21.9 Å². The fourth-order valence-corrected chi connectivity index (χ4v) is 4.52. The lowest BCUT2D eigenvalue weighted by Crippen LogP contribution is -2.11. The van der Waals surface area contributed by atoms with Crippen molar-refractivity contribution in [1.82, 2.24) is 10.2 Å². The summed E-state index contributed by atoms with van der Waals surface area (Å²) >= 11 is 6.72. The van der Waals surface area contributed by atoms with E-state index in [-0.39, 0.29) is 25.5 Å². The molecule has 1 aromatic carbocycles. The van der Waals surface area contributed by atoms with Crippen LogP contribution < -0.4 is 4.72 Å². The number of hydrogen-bond donors (Lipinski definition) is 2. The van der Waals surface area contributed by atoms with Gasteiger partial charge in [-0.15, -0.1) is 11.3 Å². The number of alkyl halides is 3. The van der Waals surface area contributed by atoms with Crippen molar-refractivity contribution in [3.8, 4) is 10.6 Å². The molecule has 0 saturated carbocycles. The van der Waals surface area contributed by atoms with Gasteiger partial charge >= 0.3 is 6.18 Å². The predicted octanol–water partition coefficient (Wildman–Crippen LogP) is 4.61. The number of aromatic nitrogens is 2. The molecule has 0 amide bonds. The van der Waals surface area contributed by atoms with Crippen molar-refractivity contribution in [2.75, 3.05) is 4.72 Å². The molecule has 0 aliphatic rings. The summed E-state index contributed by atoms with van der Waals surface area (Å²) in [6.07, 6.45) is -4.55. The zero-order chi connectivity index (χ0) is 18.2. The van der Waals surface area contributed by atoms with E-state index in [0.717, 1.165) is 17.4 Å². The molecule has 0 aliphatic carbocycles. The highest BCUT2D eigenvalue weighted by Crippen LogP contribution is 2.35. The number of thiophene rings is 1. The van der Waals surface area contributed by atoms with Gasteiger partial charge in [0.1, 0.15) is 15.6 Å². The minimum atomic E-state index is -4.55. The Balaban J connectivity index is 1.88. The number of anilines is 1. The van der Waals surface area contributed by atoms with E-state index in [0.29, 0.717) is 0 Å². The molecule has 3 aromatic rings. The summed E-state index contributed by atoms with van der Waals surface area (Å²) in [5, 5.41) is 5.69. The third-order valence-corrected chi connectivity index (χ3v) is 6.39. The van der Waals surface area contributed by atoms with Crippen LogP contribution in [0.1, 0.15) is 5.69 Å². The average molecular weight is 408 g/mol. The SMILES string of the molecule is O=S(=O)(Nc1ccccc1Cl)c1ccc(-c2cc(C(F)(F)F)[nH]n2)s1. The van der Waals surface area contributed by atoms with Crippen LogP contribution in [0, 0.1) is 0 Å². The van der Waals surface area contributed by atoms with Crippen LogP contribution in [0.25, 0.3) is 10.6 Å². The number of aromatic amines is 1. The number of benzene rings is 1. The van der Waals surface area contributed by atoms with Crippen LogP contribution in [0.5, 0.6) is 0 Å². The first kappa shape index (κ1) is 17.8. The third-order valence-electron chi connectivity index (χ3n) is 3.10. The van der Waals surface area contributed by atoms with Gasteiger partial charge in [0.25, 0.3) is 10.0 Å². The summed E-state index contributed by atoms with van der Waals surface area (Å²) in [5.41, 5.74) is -0.788. The highest BCUT2D eigenvalue weighted by Gasteiger charge is 2.33. The van der Waals surface area contributed by atoms with E-state index in [4.69, 9.17) is 11.6 Å². The highest BCUT2D eigenvalue weighted by molar-refractivity contribution is 7.94. The minimum Gasteiger partial charge on any atom is -0.277 e. The van der Waals surface area contributed by atoms with Gasteiger partial charge in [0.2, 0.25) is 0 Å². The minimum absolute atomic E-state index is 0.0107. The van der Waals surface area contributed by atoms with Crippen LogP contribution in [-0.4, -0.2) is 18.6 Å². The largest absolute Gasteiger partial charge is 0.432 e. The quantitative estimate of drug-likeness (QED) is 0.663. The fourth-order valence-electron chi connectivity index (χ4n) is 1.93. The molecule has 2 heterocycles. The molecule has 0 radical (unpaired) electrons. The van der Waals surface area contributed by atoms with Crippen molar-refractivity contribution in [3.63, 3.8) is 0 Å². The lowest BCUT2D eigenvalue weighted by atomic mass is 10.3. The van der Waals surface area contributed by atoms with Gasteiger partial charge in [-0.3, -0.25) is 9.82 Å². The Kier molecular flexibility index (Phi) is 4.52. The maximum atomic E-state index is 12.6. The Morgan fingerprint density at radius 2 is 1.88 bits per heavy atom. The number of H-pyrrole nitrogens is 1. The molecule has 2 N–H and O–H groups in total. The zero-order valence-electron chi connectivity index (χ0n) is 12.1. The van der Waals surface area contributed by atoms with Crippen LogP contribution in [0.2, 0.25) is 5.02 Å². The van der Waals surface area contributed by atoms with Crippen molar-refractivity contribution in [2.45, 2.75) is 10.4 Å². The first-order chi connectivity index (χ1) is 11.7. The Hall–Kier alpha value is -2.04. The normalized spacial score (nSPS) is 12.3. The zero-order valence-corrected chi connectivity index (χ0v) is 14.5. The number of nitrogens with zero attached hydrogens (tertiary/aromatic N) is 1. The second-order valence-corrected chi connectivity index (χ2v) is 8.27. The highest BCUT2D eigenvalue weighted by atomic mass is 35.5. The predicted molar refractivity (Wildman–Crippen MR) is 89.2 cm³/mol. The van der Waals surface area contributed by atoms with Crippen LogP contribution in [0.3, 0.4) is 0 Å². The summed E-state index contributed by atoms with van der Waals surface area (Å²) in [5.74, 6) is 0. The number of nitrogens with one attached hydrogen (secondary N) is 2. The van der Waals surface area contributed by atoms with Crippen molar-refractivity contribution in [2.24, 2.45) is 0 Å². The molecule has 0 spiro atoms. The van der Waals surface area contributed by atoms with Gasteiger partial charge < -0.3 is 0 Å². The molecule has 5 nitrogen and oxygen atoms in total. The summed E-state index contributed by atoms with van der Waals surface area (Å²) < 4.78 is 64.9. The number of hydrogen-bond acceptors (Lipinski definition) is 4. The Labute approximate surface area is 149 Å². The van der Waals surface area contributed by atoms with E-state index >= 15 is 0 Å². The van der Waals surface area contributed by atoms with E-state index in [1.54, 1.807) is 12.1 Å². The molecule has 0 saturated heterocycles. The summed E-state index contributed by atoms with van der Waals surface area (Å²) in [6.45, 7) is 0. The number of para-hydroxylation sites is 1. The molecule has 0 fully saturated rings. The second kappa shape index (κ2) is 6.36. The van der Waals surface area contributed by atoms with E-state index in [1.807, 2.05) is 5.10 Å². The van der Waals surface area contributed by atoms with Gasteiger partial charge in [0.05, 0.1) is 15.6 Å². The van der Waals surface area contributed by atoms with Crippen molar-refractivity contribution in [3.05, 3.63) is 53.2 Å². The standard InChI is InChI=1S/C14H9ClF3N3O2S2/c15-8-3-1-2-4-9(8)21-25(22,23)13-6-5-11(24-13)10-7-12(20-19-10)14(16,17)18/h1-7,21H,(H,19,20). The average Bonchev–Trinajstić information content (AvgIpc) is 3.17.